The van der Waals surface area contributed by atoms with Crippen LogP contribution in [0, 0.1) is 0 Å². The van der Waals surface area contributed by atoms with E-state index < -0.39 is 12.0 Å². The van der Waals surface area contributed by atoms with Crippen molar-refractivity contribution < 1.29 is 14.6 Å². The van der Waals surface area contributed by atoms with Crippen LogP contribution in [0.1, 0.15) is 36.8 Å². The Bertz CT molecular complexity index is 497. The highest BCUT2D eigenvalue weighted by Crippen LogP contribution is 2.23. The van der Waals surface area contributed by atoms with E-state index in [0.717, 1.165) is 36.5 Å². The second kappa shape index (κ2) is 8.15. The predicted molar refractivity (Wildman–Crippen MR) is 86.1 cm³/mol. The molecule has 22 heavy (non-hydrogen) atoms. The Morgan fingerprint density at radius 1 is 1.32 bits per heavy atom. The van der Waals surface area contributed by atoms with Crippen LogP contribution in [0.25, 0.3) is 0 Å². The molecule has 0 amide bonds. The Kier molecular flexibility index (Phi) is 6.21. The van der Waals surface area contributed by atoms with Gasteiger partial charge in [-0.1, -0.05) is 25.0 Å². The number of carboxylic acids is 1. The van der Waals surface area contributed by atoms with Crippen molar-refractivity contribution in [1.29, 1.82) is 0 Å². The topological polar surface area (TPSA) is 75.8 Å². The van der Waals surface area contributed by atoms with E-state index in [-0.39, 0.29) is 0 Å². The summed E-state index contributed by atoms with van der Waals surface area (Å²) in [6.45, 7) is 3.07. The van der Waals surface area contributed by atoms with Gasteiger partial charge in [-0.2, -0.15) is 0 Å². The molecule has 1 fully saturated rings. The third-order valence-electron chi connectivity index (χ3n) is 4.21. The molecule has 1 saturated heterocycles. The van der Waals surface area contributed by atoms with Crippen LogP contribution in [-0.4, -0.2) is 42.2 Å². The molecule has 0 bridgehead atoms. The van der Waals surface area contributed by atoms with Crippen LogP contribution in [0.5, 0.6) is 5.75 Å². The van der Waals surface area contributed by atoms with Gasteiger partial charge in [-0.15, -0.1) is 0 Å². The highest BCUT2D eigenvalue weighted by molar-refractivity contribution is 5.73. The maximum Gasteiger partial charge on any atom is 0.320 e. The van der Waals surface area contributed by atoms with Crippen molar-refractivity contribution in [3.05, 3.63) is 29.3 Å². The molecule has 1 aliphatic heterocycles. The fourth-order valence-corrected chi connectivity index (χ4v) is 2.96. The second-order valence-corrected chi connectivity index (χ2v) is 5.99. The van der Waals surface area contributed by atoms with Crippen molar-refractivity contribution >= 4 is 5.97 Å². The lowest BCUT2D eigenvalue weighted by Gasteiger charge is -2.21. The molecule has 1 aromatic rings. The first-order chi connectivity index (χ1) is 10.6. The summed E-state index contributed by atoms with van der Waals surface area (Å²) in [4.78, 5) is 13.4. The van der Waals surface area contributed by atoms with Crippen LogP contribution in [0.3, 0.4) is 0 Å². The van der Waals surface area contributed by atoms with E-state index in [1.165, 1.54) is 25.7 Å². The molecule has 0 aliphatic carbocycles. The molecule has 0 saturated carbocycles. The number of nitrogens with zero attached hydrogens (tertiary/aromatic N) is 1. The molecule has 1 unspecified atom stereocenters. The van der Waals surface area contributed by atoms with Crippen molar-refractivity contribution in [1.82, 2.24) is 4.90 Å². The minimum atomic E-state index is -0.968. The Hall–Kier alpha value is -1.59. The number of methoxy groups -OCH3 is 1. The van der Waals surface area contributed by atoms with Gasteiger partial charge in [-0.3, -0.25) is 9.69 Å². The van der Waals surface area contributed by atoms with Crippen LogP contribution in [0.15, 0.2) is 18.2 Å². The number of hydrogen-bond donors (Lipinski definition) is 2. The zero-order valence-electron chi connectivity index (χ0n) is 13.3. The molecule has 2 rings (SSSR count). The van der Waals surface area contributed by atoms with Crippen LogP contribution < -0.4 is 10.5 Å². The first kappa shape index (κ1) is 16.8. The van der Waals surface area contributed by atoms with E-state index in [1.54, 1.807) is 7.11 Å². The van der Waals surface area contributed by atoms with Gasteiger partial charge in [0.1, 0.15) is 11.8 Å². The van der Waals surface area contributed by atoms with Crippen LogP contribution >= 0.6 is 0 Å². The number of ether oxygens (including phenoxy) is 1. The van der Waals surface area contributed by atoms with E-state index in [1.807, 2.05) is 18.2 Å². The van der Waals surface area contributed by atoms with Gasteiger partial charge >= 0.3 is 5.97 Å². The molecule has 0 aromatic heterocycles. The lowest BCUT2D eigenvalue weighted by molar-refractivity contribution is -0.138. The van der Waals surface area contributed by atoms with Crippen LogP contribution in [0.2, 0.25) is 0 Å². The molecule has 1 atom stereocenters. The quantitative estimate of drug-likeness (QED) is 0.841. The second-order valence-electron chi connectivity index (χ2n) is 5.99. The number of benzene rings is 1. The Balaban J connectivity index is 2.11. The van der Waals surface area contributed by atoms with Gasteiger partial charge in [0.25, 0.3) is 0 Å². The van der Waals surface area contributed by atoms with Crippen molar-refractivity contribution in [2.75, 3.05) is 20.2 Å². The lowest BCUT2D eigenvalue weighted by Crippen LogP contribution is -2.32. The number of carbonyl (C=O) groups is 1. The molecule has 122 valence electrons. The monoisotopic (exact) mass is 306 g/mol. The average molecular weight is 306 g/mol. The molecule has 1 aromatic carbocycles. The number of aliphatic carboxylic acids is 1. The van der Waals surface area contributed by atoms with Gasteiger partial charge in [0.15, 0.2) is 0 Å². The fourth-order valence-electron chi connectivity index (χ4n) is 2.96. The normalized spacial score (nSPS) is 17.7. The summed E-state index contributed by atoms with van der Waals surface area (Å²) < 4.78 is 5.45. The molecule has 0 spiro atoms. The highest BCUT2D eigenvalue weighted by atomic mass is 16.5. The molecular weight excluding hydrogens is 280 g/mol. The third-order valence-corrected chi connectivity index (χ3v) is 4.21. The smallest absolute Gasteiger partial charge is 0.320 e. The summed E-state index contributed by atoms with van der Waals surface area (Å²) >= 11 is 0. The van der Waals surface area contributed by atoms with Gasteiger partial charge in [0.2, 0.25) is 0 Å². The largest absolute Gasteiger partial charge is 0.496 e. The number of rotatable bonds is 6. The number of likely N-dealkylation sites (tertiary alicyclic amines) is 1. The van der Waals surface area contributed by atoms with Crippen molar-refractivity contribution in [3.63, 3.8) is 0 Å². The first-order valence-corrected chi connectivity index (χ1v) is 7.96. The van der Waals surface area contributed by atoms with Crippen molar-refractivity contribution in [2.45, 2.75) is 44.7 Å². The highest BCUT2D eigenvalue weighted by Gasteiger charge is 2.16. The van der Waals surface area contributed by atoms with Crippen LogP contribution in [0.4, 0.5) is 0 Å². The Morgan fingerprint density at radius 2 is 2.00 bits per heavy atom. The van der Waals surface area contributed by atoms with Gasteiger partial charge in [-0.05, 0) is 44.0 Å². The molecular formula is C17H26N2O3. The first-order valence-electron chi connectivity index (χ1n) is 7.96. The minimum Gasteiger partial charge on any atom is -0.496 e. The van der Waals surface area contributed by atoms with Gasteiger partial charge in [-0.25, -0.2) is 0 Å². The van der Waals surface area contributed by atoms with E-state index in [4.69, 9.17) is 15.6 Å². The zero-order valence-corrected chi connectivity index (χ0v) is 13.3. The van der Waals surface area contributed by atoms with Gasteiger partial charge in [0.05, 0.1) is 7.11 Å². The molecule has 3 N–H and O–H groups in total. The zero-order chi connectivity index (χ0) is 15.9. The summed E-state index contributed by atoms with van der Waals surface area (Å²) in [6.07, 6.45) is 5.44. The van der Waals surface area contributed by atoms with Gasteiger partial charge in [0, 0.05) is 12.1 Å². The molecule has 1 aliphatic rings. The standard InChI is InChI=1S/C17H26N2O3/c1-22-16-7-6-13(11-15(18)17(20)21)10-14(16)12-19-8-4-2-3-5-9-19/h6-7,10,15H,2-5,8-9,11-12,18H2,1H3,(H,20,21). The van der Waals surface area contributed by atoms with E-state index in [9.17, 15) is 4.79 Å². The summed E-state index contributed by atoms with van der Waals surface area (Å²) in [5.41, 5.74) is 7.69. The fraction of sp³-hybridized carbons (Fsp3) is 0.588. The number of carboxylic acid groups (broad SMARTS) is 1. The summed E-state index contributed by atoms with van der Waals surface area (Å²) in [5.74, 6) is -0.109. The molecule has 0 radical (unpaired) electrons. The van der Waals surface area contributed by atoms with Gasteiger partial charge < -0.3 is 15.6 Å². The van der Waals surface area contributed by atoms with Crippen molar-refractivity contribution in [2.24, 2.45) is 5.73 Å². The van der Waals surface area contributed by atoms with E-state index >= 15 is 0 Å². The van der Waals surface area contributed by atoms with Crippen LogP contribution in [-0.2, 0) is 17.8 Å². The molecule has 1 heterocycles. The average Bonchev–Trinajstić information content (AvgIpc) is 2.76. The predicted octanol–water partition coefficient (Wildman–Crippen LogP) is 2.03. The minimum absolute atomic E-state index is 0.340. The Labute approximate surface area is 132 Å². The summed E-state index contributed by atoms with van der Waals surface area (Å²) in [6, 6.07) is 4.98. The SMILES string of the molecule is COc1ccc(CC(N)C(=O)O)cc1CN1CCCCCC1. The Morgan fingerprint density at radius 3 is 2.59 bits per heavy atom. The van der Waals surface area contributed by atoms with E-state index in [0.29, 0.717) is 6.42 Å². The van der Waals surface area contributed by atoms with E-state index in [2.05, 4.69) is 4.90 Å². The summed E-state index contributed by atoms with van der Waals surface area (Å²) in [5, 5.41) is 8.95. The van der Waals surface area contributed by atoms with Crippen molar-refractivity contribution in [3.8, 4) is 5.75 Å². The summed E-state index contributed by atoms with van der Waals surface area (Å²) in [7, 11) is 1.67. The molecule has 5 heteroatoms. The third kappa shape index (κ3) is 4.71. The lowest BCUT2D eigenvalue weighted by atomic mass is 10.0. The maximum absolute atomic E-state index is 10.9. The number of nitrogens with two attached hydrogens (primary N) is 1. The molecule has 5 nitrogen and oxygen atoms in total. The number of hydrogen-bond acceptors (Lipinski definition) is 4. The maximum atomic E-state index is 10.9.